The first kappa shape index (κ1) is 20.0. The normalized spacial score (nSPS) is 16.9. The van der Waals surface area contributed by atoms with Crippen molar-refractivity contribution in [3.63, 3.8) is 0 Å². The van der Waals surface area contributed by atoms with Crippen LogP contribution in [-0.4, -0.2) is 41.7 Å². The van der Waals surface area contributed by atoms with Gasteiger partial charge in [0.1, 0.15) is 5.75 Å². The average molecular weight is 394 g/mol. The summed E-state index contributed by atoms with van der Waals surface area (Å²) in [5, 5.41) is 0. The number of likely N-dealkylation sites (tertiary alicyclic amines) is 1. The molecule has 150 valence electrons. The zero-order valence-corrected chi connectivity index (χ0v) is 15.4. The molecule has 2 heterocycles. The second-order valence-electron chi connectivity index (χ2n) is 6.45. The number of carbonyl (C=O) groups excluding carboxylic acids is 1. The largest absolute Gasteiger partial charge is 0.494 e. The van der Waals surface area contributed by atoms with E-state index in [9.17, 15) is 18.0 Å². The summed E-state index contributed by atoms with van der Waals surface area (Å²) in [6.07, 6.45) is -1.46. The second kappa shape index (κ2) is 8.50. The number of benzene rings is 1. The van der Waals surface area contributed by atoms with Gasteiger partial charge in [0.2, 0.25) is 5.88 Å². The van der Waals surface area contributed by atoms with Crippen molar-refractivity contribution in [2.75, 3.05) is 19.8 Å². The van der Waals surface area contributed by atoms with E-state index in [-0.39, 0.29) is 17.8 Å². The summed E-state index contributed by atoms with van der Waals surface area (Å²) >= 11 is 0. The second-order valence-corrected chi connectivity index (χ2v) is 6.45. The first-order chi connectivity index (χ1) is 13.4. The molecule has 1 fully saturated rings. The van der Waals surface area contributed by atoms with Gasteiger partial charge in [-0.2, -0.15) is 13.2 Å². The number of hydrogen-bond acceptors (Lipinski definition) is 4. The molecule has 1 amide bonds. The lowest BCUT2D eigenvalue weighted by atomic mass is 10.0. The Morgan fingerprint density at radius 3 is 2.54 bits per heavy atom. The summed E-state index contributed by atoms with van der Waals surface area (Å²) in [5.41, 5.74) is 1.34. The standard InChI is InChI=1S/C20H21F3N2O3/c1-2-27-16-8-5-14(6-9-16)17-4-3-11-25(17)19(26)15-7-10-18(24-12-15)28-13-20(21,22)23/h5-10,12,17H,2-4,11,13H2,1H3. The third-order valence-electron chi connectivity index (χ3n) is 4.46. The van der Waals surface area contributed by atoms with E-state index < -0.39 is 12.8 Å². The number of pyridine rings is 1. The molecule has 5 nitrogen and oxygen atoms in total. The minimum Gasteiger partial charge on any atom is -0.494 e. The van der Waals surface area contributed by atoms with Gasteiger partial charge in [-0.05, 0) is 43.5 Å². The summed E-state index contributed by atoms with van der Waals surface area (Å²) < 4.78 is 46.6. The van der Waals surface area contributed by atoms with Crippen LogP contribution in [0.5, 0.6) is 11.6 Å². The molecule has 0 N–H and O–H groups in total. The molecule has 3 rings (SSSR count). The van der Waals surface area contributed by atoms with Gasteiger partial charge in [0.05, 0.1) is 18.2 Å². The highest BCUT2D eigenvalue weighted by Gasteiger charge is 2.31. The van der Waals surface area contributed by atoms with E-state index in [0.29, 0.717) is 18.7 Å². The number of halogens is 3. The Kier molecular flexibility index (Phi) is 6.06. The molecule has 1 aromatic carbocycles. The Labute approximate surface area is 161 Å². The van der Waals surface area contributed by atoms with Crippen molar-refractivity contribution in [1.29, 1.82) is 0 Å². The maximum absolute atomic E-state index is 12.9. The molecule has 0 radical (unpaired) electrons. The summed E-state index contributed by atoms with van der Waals surface area (Å²) in [6, 6.07) is 10.3. The first-order valence-corrected chi connectivity index (χ1v) is 9.06. The fraction of sp³-hybridized carbons (Fsp3) is 0.400. The van der Waals surface area contributed by atoms with Gasteiger partial charge in [-0.1, -0.05) is 12.1 Å². The Balaban J connectivity index is 1.68. The molecule has 1 aliphatic rings. The van der Waals surface area contributed by atoms with Crippen molar-refractivity contribution < 1.29 is 27.4 Å². The third kappa shape index (κ3) is 4.94. The molecular formula is C20H21F3N2O3. The van der Waals surface area contributed by atoms with Crippen molar-refractivity contribution in [2.45, 2.75) is 32.0 Å². The molecule has 1 aliphatic heterocycles. The molecule has 1 saturated heterocycles. The van der Waals surface area contributed by atoms with E-state index >= 15 is 0 Å². The van der Waals surface area contributed by atoms with E-state index in [4.69, 9.17) is 4.74 Å². The maximum Gasteiger partial charge on any atom is 0.422 e. The molecule has 1 atom stereocenters. The molecule has 0 spiro atoms. The zero-order valence-electron chi connectivity index (χ0n) is 15.4. The van der Waals surface area contributed by atoms with Crippen molar-refractivity contribution in [3.8, 4) is 11.6 Å². The van der Waals surface area contributed by atoms with Crippen LogP contribution < -0.4 is 9.47 Å². The molecule has 0 aliphatic carbocycles. The molecule has 0 bridgehead atoms. The SMILES string of the molecule is CCOc1ccc(C2CCCN2C(=O)c2ccc(OCC(F)(F)F)nc2)cc1. The van der Waals surface area contributed by atoms with Gasteiger partial charge in [0.25, 0.3) is 5.91 Å². The summed E-state index contributed by atoms with van der Waals surface area (Å²) in [4.78, 5) is 18.5. The summed E-state index contributed by atoms with van der Waals surface area (Å²) in [5.74, 6) is 0.408. The van der Waals surface area contributed by atoms with Gasteiger partial charge in [-0.3, -0.25) is 4.79 Å². The molecule has 1 unspecified atom stereocenters. The van der Waals surface area contributed by atoms with E-state index in [1.54, 1.807) is 4.90 Å². The number of nitrogens with zero attached hydrogens (tertiary/aromatic N) is 2. The summed E-state index contributed by atoms with van der Waals surface area (Å²) in [6.45, 7) is 1.70. The van der Waals surface area contributed by atoms with Crippen molar-refractivity contribution in [1.82, 2.24) is 9.88 Å². The van der Waals surface area contributed by atoms with Crippen LogP contribution in [0.4, 0.5) is 13.2 Å². The van der Waals surface area contributed by atoms with Gasteiger partial charge in [-0.25, -0.2) is 4.98 Å². The van der Waals surface area contributed by atoms with E-state index in [0.717, 1.165) is 24.2 Å². The maximum atomic E-state index is 12.9. The highest BCUT2D eigenvalue weighted by Crippen LogP contribution is 2.34. The lowest BCUT2D eigenvalue weighted by Gasteiger charge is -2.25. The zero-order chi connectivity index (χ0) is 20.1. The van der Waals surface area contributed by atoms with Gasteiger partial charge < -0.3 is 14.4 Å². The van der Waals surface area contributed by atoms with E-state index in [1.165, 1.54) is 18.3 Å². The lowest BCUT2D eigenvalue weighted by Crippen LogP contribution is -2.30. The van der Waals surface area contributed by atoms with Crippen LogP contribution in [0.1, 0.15) is 41.7 Å². The quantitative estimate of drug-likeness (QED) is 0.729. The monoisotopic (exact) mass is 394 g/mol. The topological polar surface area (TPSA) is 51.7 Å². The Hall–Kier alpha value is -2.77. The number of ether oxygens (including phenoxy) is 2. The number of rotatable bonds is 6. The van der Waals surface area contributed by atoms with E-state index in [2.05, 4.69) is 9.72 Å². The van der Waals surface area contributed by atoms with E-state index in [1.807, 2.05) is 31.2 Å². The van der Waals surface area contributed by atoms with Gasteiger partial charge in [-0.15, -0.1) is 0 Å². The number of aromatic nitrogens is 1. The predicted octanol–water partition coefficient (Wildman–Crippen LogP) is 4.40. The fourth-order valence-electron chi connectivity index (χ4n) is 3.22. The van der Waals surface area contributed by atoms with Gasteiger partial charge >= 0.3 is 6.18 Å². The van der Waals surface area contributed by atoms with Gasteiger partial charge in [0, 0.05) is 18.8 Å². The fourth-order valence-corrected chi connectivity index (χ4v) is 3.22. The summed E-state index contributed by atoms with van der Waals surface area (Å²) in [7, 11) is 0. The number of carbonyl (C=O) groups is 1. The van der Waals surface area contributed by atoms with Crippen LogP contribution in [0.25, 0.3) is 0 Å². The van der Waals surface area contributed by atoms with Crippen LogP contribution in [-0.2, 0) is 0 Å². The Morgan fingerprint density at radius 2 is 1.93 bits per heavy atom. The highest BCUT2D eigenvalue weighted by molar-refractivity contribution is 5.94. The first-order valence-electron chi connectivity index (χ1n) is 9.06. The minimum atomic E-state index is -4.43. The van der Waals surface area contributed by atoms with Crippen molar-refractivity contribution in [2.24, 2.45) is 0 Å². The van der Waals surface area contributed by atoms with Crippen LogP contribution in [0.3, 0.4) is 0 Å². The molecule has 0 saturated carbocycles. The predicted molar refractivity (Wildman–Crippen MR) is 96.4 cm³/mol. The van der Waals surface area contributed by atoms with Crippen molar-refractivity contribution >= 4 is 5.91 Å². The molecule has 2 aromatic rings. The van der Waals surface area contributed by atoms with Crippen molar-refractivity contribution in [3.05, 3.63) is 53.7 Å². The Morgan fingerprint density at radius 1 is 1.18 bits per heavy atom. The average Bonchev–Trinajstić information content (AvgIpc) is 3.16. The number of amides is 1. The minimum absolute atomic E-state index is 0.0515. The Bertz CT molecular complexity index is 792. The number of alkyl halides is 3. The van der Waals surface area contributed by atoms with Gasteiger partial charge in [0.15, 0.2) is 6.61 Å². The van der Waals surface area contributed by atoms with Crippen LogP contribution in [0, 0.1) is 0 Å². The van der Waals surface area contributed by atoms with Crippen LogP contribution in [0.15, 0.2) is 42.6 Å². The third-order valence-corrected chi connectivity index (χ3v) is 4.46. The number of hydrogen-bond donors (Lipinski definition) is 0. The molecular weight excluding hydrogens is 373 g/mol. The highest BCUT2D eigenvalue weighted by atomic mass is 19.4. The molecule has 28 heavy (non-hydrogen) atoms. The van der Waals surface area contributed by atoms with Crippen LogP contribution >= 0.6 is 0 Å². The van der Waals surface area contributed by atoms with Crippen LogP contribution in [0.2, 0.25) is 0 Å². The smallest absolute Gasteiger partial charge is 0.422 e. The lowest BCUT2D eigenvalue weighted by molar-refractivity contribution is -0.154. The molecule has 8 heteroatoms. The molecule has 1 aromatic heterocycles.